The van der Waals surface area contributed by atoms with Gasteiger partial charge in [0.15, 0.2) is 0 Å². The largest absolute Gasteiger partial charge is 0.389 e. The topological polar surface area (TPSA) is 52.6 Å². The Kier molecular flexibility index (Phi) is 5.20. The maximum absolute atomic E-state index is 12.2. The van der Waals surface area contributed by atoms with Crippen molar-refractivity contribution in [3.63, 3.8) is 0 Å². The van der Waals surface area contributed by atoms with Crippen LogP contribution in [0.1, 0.15) is 47.0 Å². The van der Waals surface area contributed by atoms with Crippen molar-refractivity contribution < 1.29 is 9.90 Å². The third-order valence-electron chi connectivity index (χ3n) is 3.04. The highest BCUT2D eigenvalue weighted by molar-refractivity contribution is 5.75. The first-order valence-corrected chi connectivity index (χ1v) is 6.74. The Labute approximate surface area is 110 Å². The molecule has 2 N–H and O–H groups in total. The molecule has 1 rings (SSSR count). The summed E-state index contributed by atoms with van der Waals surface area (Å²) in [6.07, 6.45) is 7.19. The molecule has 1 unspecified atom stereocenters. The third kappa shape index (κ3) is 5.08. The normalized spacial score (nSPS) is 20.0. The number of rotatable bonds is 4. The van der Waals surface area contributed by atoms with Crippen LogP contribution >= 0.6 is 0 Å². The fourth-order valence-electron chi connectivity index (χ4n) is 2.09. The van der Waals surface area contributed by atoms with E-state index in [0.29, 0.717) is 6.54 Å². The lowest BCUT2D eigenvalue weighted by atomic mass is 10.0. The van der Waals surface area contributed by atoms with Gasteiger partial charge in [-0.05, 0) is 47.0 Å². The molecule has 0 heterocycles. The first-order valence-electron chi connectivity index (χ1n) is 6.74. The molecule has 104 valence electrons. The van der Waals surface area contributed by atoms with Gasteiger partial charge in [0, 0.05) is 12.1 Å². The molecule has 4 heteroatoms. The van der Waals surface area contributed by atoms with Crippen LogP contribution in [-0.4, -0.2) is 40.3 Å². The van der Waals surface area contributed by atoms with Crippen molar-refractivity contribution in [3.8, 4) is 0 Å². The second-order valence-corrected chi connectivity index (χ2v) is 5.96. The Morgan fingerprint density at radius 2 is 2.17 bits per heavy atom. The van der Waals surface area contributed by atoms with Crippen LogP contribution in [0.15, 0.2) is 12.2 Å². The van der Waals surface area contributed by atoms with Crippen molar-refractivity contribution >= 4 is 6.03 Å². The molecule has 2 amide bonds. The molecular formula is C14H26N2O2. The van der Waals surface area contributed by atoms with E-state index in [1.807, 2.05) is 13.8 Å². The van der Waals surface area contributed by atoms with Crippen LogP contribution in [0.3, 0.4) is 0 Å². The monoisotopic (exact) mass is 254 g/mol. The van der Waals surface area contributed by atoms with E-state index in [0.717, 1.165) is 19.3 Å². The quantitative estimate of drug-likeness (QED) is 0.756. The van der Waals surface area contributed by atoms with Gasteiger partial charge in [-0.15, -0.1) is 0 Å². The van der Waals surface area contributed by atoms with E-state index in [-0.39, 0.29) is 18.1 Å². The molecule has 1 aliphatic rings. The molecule has 0 aromatic carbocycles. The molecule has 0 bridgehead atoms. The summed E-state index contributed by atoms with van der Waals surface area (Å²) >= 11 is 0. The fraction of sp³-hybridized carbons (Fsp3) is 0.786. The summed E-state index contributed by atoms with van der Waals surface area (Å²) in [5, 5.41) is 12.9. The number of hydrogen-bond donors (Lipinski definition) is 2. The van der Waals surface area contributed by atoms with E-state index < -0.39 is 5.60 Å². The zero-order valence-corrected chi connectivity index (χ0v) is 11.9. The molecule has 0 saturated heterocycles. The molecule has 4 nitrogen and oxygen atoms in total. The Morgan fingerprint density at radius 3 is 2.61 bits per heavy atom. The Morgan fingerprint density at radius 1 is 1.50 bits per heavy atom. The summed E-state index contributed by atoms with van der Waals surface area (Å²) in [4.78, 5) is 13.9. The van der Waals surface area contributed by atoms with Crippen molar-refractivity contribution in [2.45, 2.75) is 64.6 Å². The number of carbonyl (C=O) groups excluding carboxylic acids is 1. The number of carbonyl (C=O) groups is 1. The first-order chi connectivity index (χ1) is 8.29. The number of nitrogens with one attached hydrogen (secondary N) is 1. The lowest BCUT2D eigenvalue weighted by Gasteiger charge is -2.34. The molecule has 0 aromatic rings. The van der Waals surface area contributed by atoms with E-state index in [1.54, 1.807) is 18.7 Å². The summed E-state index contributed by atoms with van der Waals surface area (Å²) in [7, 11) is 0. The molecule has 0 spiro atoms. The van der Waals surface area contributed by atoms with Crippen LogP contribution in [0.4, 0.5) is 4.79 Å². The van der Waals surface area contributed by atoms with Gasteiger partial charge in [-0.2, -0.15) is 0 Å². The number of aliphatic hydroxyl groups is 1. The number of allylic oxidation sites excluding steroid dienone is 1. The highest BCUT2D eigenvalue weighted by atomic mass is 16.3. The zero-order chi connectivity index (χ0) is 13.8. The number of urea groups is 1. The van der Waals surface area contributed by atoms with Crippen molar-refractivity contribution in [2.24, 2.45) is 0 Å². The first kappa shape index (κ1) is 15.0. The van der Waals surface area contributed by atoms with Gasteiger partial charge in [0.2, 0.25) is 0 Å². The van der Waals surface area contributed by atoms with Crippen LogP contribution in [0.25, 0.3) is 0 Å². The van der Waals surface area contributed by atoms with Crippen molar-refractivity contribution in [2.75, 3.05) is 6.54 Å². The molecule has 0 saturated carbocycles. The minimum atomic E-state index is -0.867. The minimum absolute atomic E-state index is 0.0765. The van der Waals surface area contributed by atoms with Gasteiger partial charge in [-0.25, -0.2) is 4.79 Å². The molecule has 0 aliphatic heterocycles. The third-order valence-corrected chi connectivity index (χ3v) is 3.04. The van der Waals surface area contributed by atoms with Gasteiger partial charge >= 0.3 is 6.03 Å². The van der Waals surface area contributed by atoms with Crippen molar-refractivity contribution in [1.82, 2.24) is 10.2 Å². The van der Waals surface area contributed by atoms with Gasteiger partial charge in [0.1, 0.15) is 0 Å². The fourth-order valence-corrected chi connectivity index (χ4v) is 2.09. The minimum Gasteiger partial charge on any atom is -0.389 e. The van der Waals surface area contributed by atoms with E-state index in [2.05, 4.69) is 17.5 Å². The van der Waals surface area contributed by atoms with Crippen LogP contribution in [-0.2, 0) is 0 Å². The van der Waals surface area contributed by atoms with E-state index >= 15 is 0 Å². The standard InChI is InChI=1S/C14H26N2O2/c1-11(2)16(10-14(3,4)18)13(17)15-12-8-6-5-7-9-12/h5-6,11-12,18H,7-10H2,1-4H3,(H,15,17). The molecule has 1 atom stereocenters. The molecule has 0 aromatic heterocycles. The van der Waals surface area contributed by atoms with Gasteiger partial charge in [0.25, 0.3) is 0 Å². The van der Waals surface area contributed by atoms with Gasteiger partial charge in [0.05, 0.1) is 12.1 Å². The van der Waals surface area contributed by atoms with Gasteiger partial charge in [-0.3, -0.25) is 0 Å². The summed E-state index contributed by atoms with van der Waals surface area (Å²) < 4.78 is 0. The van der Waals surface area contributed by atoms with E-state index in [1.165, 1.54) is 0 Å². The summed E-state index contributed by atoms with van der Waals surface area (Å²) in [5.41, 5.74) is -0.867. The number of nitrogens with zero attached hydrogens (tertiary/aromatic N) is 1. The van der Waals surface area contributed by atoms with Crippen LogP contribution in [0.5, 0.6) is 0 Å². The molecule has 0 fully saturated rings. The molecular weight excluding hydrogens is 228 g/mol. The average molecular weight is 254 g/mol. The van der Waals surface area contributed by atoms with Crippen LogP contribution in [0, 0.1) is 0 Å². The van der Waals surface area contributed by atoms with Crippen LogP contribution in [0.2, 0.25) is 0 Å². The van der Waals surface area contributed by atoms with Crippen molar-refractivity contribution in [1.29, 1.82) is 0 Å². The second kappa shape index (κ2) is 6.23. The highest BCUT2D eigenvalue weighted by Crippen LogP contribution is 2.13. The summed E-state index contributed by atoms with van der Waals surface area (Å²) in [5.74, 6) is 0. The summed E-state index contributed by atoms with van der Waals surface area (Å²) in [6, 6.07) is 0.230. The Hall–Kier alpha value is -1.03. The van der Waals surface area contributed by atoms with Gasteiger partial charge in [-0.1, -0.05) is 12.2 Å². The van der Waals surface area contributed by atoms with Gasteiger partial charge < -0.3 is 15.3 Å². The van der Waals surface area contributed by atoms with E-state index in [9.17, 15) is 9.90 Å². The number of amides is 2. The second-order valence-electron chi connectivity index (χ2n) is 5.96. The molecule has 1 aliphatic carbocycles. The Balaban J connectivity index is 2.56. The van der Waals surface area contributed by atoms with Crippen LogP contribution < -0.4 is 5.32 Å². The van der Waals surface area contributed by atoms with Crippen molar-refractivity contribution in [3.05, 3.63) is 12.2 Å². The summed E-state index contributed by atoms with van der Waals surface area (Å²) in [6.45, 7) is 7.72. The van der Waals surface area contributed by atoms with E-state index in [4.69, 9.17) is 0 Å². The molecule has 18 heavy (non-hydrogen) atoms. The Bertz CT molecular complexity index is 305. The lowest BCUT2D eigenvalue weighted by molar-refractivity contribution is 0.0382. The predicted octanol–water partition coefficient (Wildman–Crippen LogP) is 2.29. The maximum atomic E-state index is 12.2. The average Bonchev–Trinajstić information content (AvgIpc) is 2.25. The number of hydrogen-bond acceptors (Lipinski definition) is 2. The smallest absolute Gasteiger partial charge is 0.317 e. The zero-order valence-electron chi connectivity index (χ0n) is 11.9. The predicted molar refractivity (Wildman–Crippen MR) is 73.5 cm³/mol. The highest BCUT2D eigenvalue weighted by Gasteiger charge is 2.26. The molecule has 0 radical (unpaired) electrons. The maximum Gasteiger partial charge on any atom is 0.317 e. The lowest BCUT2D eigenvalue weighted by Crippen LogP contribution is -2.52. The SMILES string of the molecule is CC(C)N(CC(C)(C)O)C(=O)NC1CC=CCC1.